The smallest absolute Gasteiger partial charge is 0.000740 e. The molecule has 4 radical (unpaired) electrons. The number of rotatable bonds is 0. The Labute approximate surface area is 82.8 Å². The van der Waals surface area contributed by atoms with E-state index in [9.17, 15) is 0 Å². The molecule has 0 bridgehead atoms. The van der Waals surface area contributed by atoms with Crippen molar-refractivity contribution in [1.82, 2.24) is 0 Å². The molecular weight excluding hydrogens is 168 g/mol. The minimum Gasteiger partial charge on any atom is -0.0610 e. The fraction of sp³-hybridized carbons (Fsp3) is 0. The Balaban J connectivity index is 2.52. The van der Waals surface area contributed by atoms with Gasteiger partial charge in [0.2, 0.25) is 0 Å². The van der Waals surface area contributed by atoms with Gasteiger partial charge in [-0.05, 0) is 51.9 Å². The molecule has 0 aromatic heterocycles. The maximum Gasteiger partial charge on any atom is -0.000740 e. The lowest BCUT2D eigenvalue weighted by Gasteiger charge is -1.99. The van der Waals surface area contributed by atoms with Gasteiger partial charge >= 0.3 is 0 Å². The van der Waals surface area contributed by atoms with Crippen LogP contribution < -0.4 is 0 Å². The van der Waals surface area contributed by atoms with Crippen LogP contribution in [0.1, 0.15) is 0 Å². The van der Waals surface area contributed by atoms with Crippen molar-refractivity contribution in [3.8, 4) is 0 Å². The number of benzene rings is 3. The van der Waals surface area contributed by atoms with Gasteiger partial charge in [-0.25, -0.2) is 0 Å². The lowest BCUT2D eigenvalue weighted by atomic mass is 10.0. The molecule has 0 amide bonds. The van der Waals surface area contributed by atoms with E-state index in [1.807, 2.05) is 30.3 Å². The predicted octanol–water partition coefficient (Wildman–Crippen LogP) is 3.19. The Morgan fingerprint density at radius 2 is 2.00 bits per heavy atom. The van der Waals surface area contributed by atoms with Gasteiger partial charge in [0.1, 0.15) is 0 Å². The number of hydrogen-bond donors (Lipinski definition) is 0. The van der Waals surface area contributed by atoms with Crippen LogP contribution in [0.3, 0.4) is 0 Å². The fourth-order valence-electron chi connectivity index (χ4n) is 1.59. The summed E-state index contributed by atoms with van der Waals surface area (Å²) in [6, 6.07) is 24.4. The molecule has 0 aliphatic heterocycles. The first-order chi connectivity index (χ1) is 6.93. The summed E-state index contributed by atoms with van der Waals surface area (Å²) in [6.45, 7) is 0. The molecule has 0 aliphatic rings. The van der Waals surface area contributed by atoms with Crippen molar-refractivity contribution in [3.05, 3.63) is 60.7 Å². The molecule has 0 heteroatoms. The lowest BCUT2D eigenvalue weighted by molar-refractivity contribution is 1.73. The molecule has 0 fully saturated rings. The van der Waals surface area contributed by atoms with Crippen LogP contribution in [0.5, 0.6) is 0 Å². The molecule has 3 rings (SSSR count). The normalized spacial score (nSPS) is 10.9. The zero-order valence-electron chi connectivity index (χ0n) is 7.46. The van der Waals surface area contributed by atoms with E-state index >= 15 is 0 Å². The second-order valence-electron chi connectivity index (χ2n) is 3.20. The van der Waals surface area contributed by atoms with Crippen LogP contribution >= 0.6 is 0 Å². The van der Waals surface area contributed by atoms with E-state index in [0.717, 1.165) is 21.5 Å². The quantitative estimate of drug-likeness (QED) is 0.459. The summed E-state index contributed by atoms with van der Waals surface area (Å²) in [4.78, 5) is 0. The molecule has 0 N–H and O–H groups in total. The molecule has 14 heavy (non-hydrogen) atoms. The van der Waals surface area contributed by atoms with E-state index < -0.39 is 0 Å². The summed E-state index contributed by atoms with van der Waals surface area (Å²) >= 11 is 0. The van der Waals surface area contributed by atoms with Crippen LogP contribution in [0.2, 0.25) is 0 Å². The summed E-state index contributed by atoms with van der Waals surface area (Å²) in [5.74, 6) is 0. The van der Waals surface area contributed by atoms with Crippen LogP contribution in [-0.4, -0.2) is 0 Å². The Hall–Kier alpha value is -1.82. The molecule has 0 aliphatic carbocycles. The third-order valence-corrected chi connectivity index (χ3v) is 2.28. The summed E-state index contributed by atoms with van der Waals surface area (Å²) in [5.41, 5.74) is 0. The van der Waals surface area contributed by atoms with E-state index in [0.29, 0.717) is 0 Å². The van der Waals surface area contributed by atoms with Crippen molar-refractivity contribution in [3.63, 3.8) is 0 Å². The lowest BCUT2D eigenvalue weighted by Crippen LogP contribution is -1.76. The molecular formula is C14H6. The minimum atomic E-state index is 0.986. The highest BCUT2D eigenvalue weighted by molar-refractivity contribution is 5.96. The fourth-order valence-corrected chi connectivity index (χ4v) is 1.59. The van der Waals surface area contributed by atoms with Crippen LogP contribution in [0.25, 0.3) is 21.5 Å². The first-order valence-electron chi connectivity index (χ1n) is 4.48. The van der Waals surface area contributed by atoms with Gasteiger partial charge in [-0.1, -0.05) is 30.3 Å². The Morgan fingerprint density at radius 1 is 1.00 bits per heavy atom. The van der Waals surface area contributed by atoms with E-state index in [2.05, 4.69) is 30.3 Å². The highest BCUT2D eigenvalue weighted by atomic mass is 14.0. The van der Waals surface area contributed by atoms with Crippen molar-refractivity contribution < 1.29 is 0 Å². The Bertz CT molecular complexity index is 489. The average molecular weight is 174 g/mol. The Morgan fingerprint density at radius 3 is 3.00 bits per heavy atom. The predicted molar refractivity (Wildman–Crippen MR) is 56.8 cm³/mol. The highest BCUT2D eigenvalue weighted by Gasteiger charge is 1.96. The standard InChI is InChI=1S/C14H6/c1-2-6-12-10-14-8-4-3-7-13(14)9-11(12)5-1/h1-3,6-7,9H. The van der Waals surface area contributed by atoms with Crippen molar-refractivity contribution in [2.24, 2.45) is 0 Å². The van der Waals surface area contributed by atoms with Gasteiger partial charge in [-0.2, -0.15) is 0 Å². The van der Waals surface area contributed by atoms with Crippen LogP contribution in [-0.2, 0) is 0 Å². The third-order valence-electron chi connectivity index (χ3n) is 2.28. The molecule has 0 spiro atoms. The van der Waals surface area contributed by atoms with Gasteiger partial charge in [0.15, 0.2) is 0 Å². The van der Waals surface area contributed by atoms with Gasteiger partial charge < -0.3 is 0 Å². The molecule has 0 saturated heterocycles. The van der Waals surface area contributed by atoms with Gasteiger partial charge in [0, 0.05) is 0 Å². The van der Waals surface area contributed by atoms with E-state index in [-0.39, 0.29) is 0 Å². The van der Waals surface area contributed by atoms with Crippen LogP contribution in [0.15, 0.2) is 36.4 Å². The largest absolute Gasteiger partial charge is 0.0610 e. The third kappa shape index (κ3) is 1.08. The van der Waals surface area contributed by atoms with Gasteiger partial charge in [-0.3, -0.25) is 0 Å². The zero-order valence-corrected chi connectivity index (χ0v) is 7.46. The molecule has 0 nitrogen and oxygen atoms in total. The second-order valence-corrected chi connectivity index (χ2v) is 3.20. The molecule has 0 atom stereocenters. The first-order valence-corrected chi connectivity index (χ1v) is 4.48. The molecule has 0 saturated carbocycles. The Kier molecular flexibility index (Phi) is 1.54. The summed E-state index contributed by atoms with van der Waals surface area (Å²) in [5, 5.41) is 4.30. The van der Waals surface area contributed by atoms with Gasteiger partial charge in [-0.15, -0.1) is 0 Å². The summed E-state index contributed by atoms with van der Waals surface area (Å²) < 4.78 is 0. The minimum absolute atomic E-state index is 0.986. The van der Waals surface area contributed by atoms with Gasteiger partial charge in [0.25, 0.3) is 0 Å². The number of fused-ring (bicyclic) bond motifs is 2. The SMILES string of the molecule is [c]1[c]c2[c]c3ccc[c]c3cc2cc1. The van der Waals surface area contributed by atoms with Crippen molar-refractivity contribution in [2.45, 2.75) is 0 Å². The van der Waals surface area contributed by atoms with Gasteiger partial charge in [0.05, 0.1) is 0 Å². The molecule has 62 valence electrons. The molecule has 0 heterocycles. The van der Waals surface area contributed by atoms with Crippen molar-refractivity contribution in [2.75, 3.05) is 0 Å². The average Bonchev–Trinajstić information content (AvgIpc) is 2.26. The van der Waals surface area contributed by atoms with Crippen LogP contribution in [0.4, 0.5) is 0 Å². The molecule has 0 unspecified atom stereocenters. The number of hydrogen-bond acceptors (Lipinski definition) is 0. The monoisotopic (exact) mass is 174 g/mol. The topological polar surface area (TPSA) is 0 Å². The maximum absolute atomic E-state index is 3.29. The summed E-state index contributed by atoms with van der Waals surface area (Å²) in [6.07, 6.45) is 0. The molecule has 3 aromatic carbocycles. The first kappa shape index (κ1) is 7.57. The van der Waals surface area contributed by atoms with E-state index in [1.165, 1.54) is 0 Å². The zero-order chi connectivity index (χ0) is 9.38. The van der Waals surface area contributed by atoms with E-state index in [1.54, 1.807) is 0 Å². The van der Waals surface area contributed by atoms with Crippen molar-refractivity contribution in [1.29, 1.82) is 0 Å². The maximum atomic E-state index is 3.29. The summed E-state index contributed by atoms with van der Waals surface area (Å²) in [7, 11) is 0. The molecule has 3 aromatic rings. The van der Waals surface area contributed by atoms with Crippen LogP contribution in [0, 0.1) is 24.3 Å². The highest BCUT2D eigenvalue weighted by Crippen LogP contribution is 2.20. The van der Waals surface area contributed by atoms with E-state index in [4.69, 9.17) is 0 Å². The second kappa shape index (κ2) is 2.85. The van der Waals surface area contributed by atoms with Crippen molar-refractivity contribution >= 4 is 21.5 Å².